The highest BCUT2D eigenvalue weighted by Gasteiger charge is 2.42. The van der Waals surface area contributed by atoms with Crippen LogP contribution in [0.4, 0.5) is 8.78 Å². The minimum Gasteiger partial charge on any atom is -0.271 e. The zero-order valence-electron chi connectivity index (χ0n) is 11.3. The maximum atomic E-state index is 14.1. The van der Waals surface area contributed by atoms with Crippen LogP contribution in [0.3, 0.4) is 0 Å². The molecule has 1 atom stereocenters. The highest BCUT2D eigenvalue weighted by atomic mass is 32.2. The topological polar surface area (TPSA) is 72.2 Å². The smallest absolute Gasteiger partial charge is 0.154 e. The fraction of sp³-hybridized carbons (Fsp3) is 0.500. The molecule has 1 aromatic rings. The van der Waals surface area contributed by atoms with Gasteiger partial charge in [-0.3, -0.25) is 11.3 Å². The summed E-state index contributed by atoms with van der Waals surface area (Å²) < 4.78 is 50.1. The van der Waals surface area contributed by atoms with E-state index in [1.54, 1.807) is 0 Å². The third-order valence-corrected chi connectivity index (χ3v) is 5.57. The van der Waals surface area contributed by atoms with Crippen molar-refractivity contribution in [1.82, 2.24) is 5.43 Å². The summed E-state index contributed by atoms with van der Waals surface area (Å²) >= 11 is 0. The number of hydrazine groups is 1. The number of rotatable bonds is 4. The van der Waals surface area contributed by atoms with Gasteiger partial charge in [-0.15, -0.1) is 0 Å². The highest BCUT2D eigenvalue weighted by Crippen LogP contribution is 2.35. The molecular formula is C12H18F2N2O2S. The molecule has 0 saturated carbocycles. The zero-order valence-corrected chi connectivity index (χ0v) is 12.1. The van der Waals surface area contributed by atoms with Crippen LogP contribution < -0.4 is 11.3 Å². The molecule has 0 bridgehead atoms. The van der Waals surface area contributed by atoms with Crippen molar-refractivity contribution in [2.24, 2.45) is 5.84 Å². The van der Waals surface area contributed by atoms with Gasteiger partial charge in [-0.25, -0.2) is 17.2 Å². The second-order valence-electron chi connectivity index (χ2n) is 5.07. The number of aryl methyl sites for hydroxylation is 1. The van der Waals surface area contributed by atoms with Crippen molar-refractivity contribution in [2.45, 2.75) is 31.6 Å². The lowest BCUT2D eigenvalue weighted by Gasteiger charge is -2.33. The number of nitrogens with two attached hydrogens (primary N) is 1. The first-order valence-corrected chi connectivity index (χ1v) is 7.53. The van der Waals surface area contributed by atoms with Crippen LogP contribution in [0.2, 0.25) is 0 Å². The van der Waals surface area contributed by atoms with Gasteiger partial charge < -0.3 is 0 Å². The monoisotopic (exact) mass is 292 g/mol. The molecule has 1 aromatic carbocycles. The Morgan fingerprint density at radius 2 is 1.84 bits per heavy atom. The van der Waals surface area contributed by atoms with Crippen LogP contribution in [0.15, 0.2) is 12.1 Å². The van der Waals surface area contributed by atoms with Gasteiger partial charge in [0.05, 0.1) is 10.8 Å². The van der Waals surface area contributed by atoms with Crippen molar-refractivity contribution in [3.05, 3.63) is 34.9 Å². The molecule has 0 saturated heterocycles. The lowest BCUT2D eigenvalue weighted by molar-refractivity contribution is 0.395. The van der Waals surface area contributed by atoms with E-state index < -0.39 is 32.3 Å². The first-order chi connectivity index (χ1) is 8.54. The molecule has 0 fully saturated rings. The second-order valence-corrected chi connectivity index (χ2v) is 7.66. The van der Waals surface area contributed by atoms with E-state index in [0.717, 1.165) is 12.3 Å². The Hall–Kier alpha value is -1.05. The zero-order chi connectivity index (χ0) is 15.0. The minimum absolute atomic E-state index is 0.223. The molecule has 3 N–H and O–H groups in total. The molecule has 108 valence electrons. The van der Waals surface area contributed by atoms with Gasteiger partial charge in [-0.1, -0.05) is 6.07 Å². The van der Waals surface area contributed by atoms with E-state index in [1.165, 1.54) is 26.8 Å². The van der Waals surface area contributed by atoms with Crippen molar-refractivity contribution in [3.63, 3.8) is 0 Å². The van der Waals surface area contributed by atoms with Crippen LogP contribution in [0.5, 0.6) is 0 Å². The quantitative estimate of drug-likeness (QED) is 0.653. The molecule has 0 radical (unpaired) electrons. The lowest BCUT2D eigenvalue weighted by Crippen LogP contribution is -2.48. The predicted octanol–water partition coefficient (Wildman–Crippen LogP) is 1.60. The summed E-state index contributed by atoms with van der Waals surface area (Å²) in [6.45, 7) is 4.21. The van der Waals surface area contributed by atoms with Crippen LogP contribution in [-0.4, -0.2) is 19.4 Å². The molecule has 0 amide bonds. The van der Waals surface area contributed by atoms with Gasteiger partial charge in [0.25, 0.3) is 0 Å². The molecule has 0 heterocycles. The summed E-state index contributed by atoms with van der Waals surface area (Å²) in [5.74, 6) is 3.70. The summed E-state index contributed by atoms with van der Waals surface area (Å²) in [7, 11) is -3.58. The normalized spacial score (nSPS) is 14.5. The van der Waals surface area contributed by atoms with Gasteiger partial charge in [0.2, 0.25) is 0 Å². The van der Waals surface area contributed by atoms with Crippen molar-refractivity contribution >= 4 is 9.84 Å². The molecule has 1 unspecified atom stereocenters. The number of nitrogens with one attached hydrogen (secondary N) is 1. The average Bonchev–Trinajstić information content (AvgIpc) is 2.27. The molecule has 7 heteroatoms. The first kappa shape index (κ1) is 16.0. The minimum atomic E-state index is -3.58. The maximum Gasteiger partial charge on any atom is 0.154 e. The van der Waals surface area contributed by atoms with Gasteiger partial charge in [-0.05, 0) is 32.4 Å². The van der Waals surface area contributed by atoms with Gasteiger partial charge in [-0.2, -0.15) is 0 Å². The molecule has 0 aliphatic heterocycles. The van der Waals surface area contributed by atoms with E-state index in [4.69, 9.17) is 5.84 Å². The molecular weight excluding hydrogens is 274 g/mol. The maximum absolute atomic E-state index is 14.1. The average molecular weight is 292 g/mol. The molecule has 4 nitrogen and oxygen atoms in total. The molecule has 0 aliphatic rings. The number of benzene rings is 1. The van der Waals surface area contributed by atoms with Crippen LogP contribution in [0.1, 0.15) is 31.0 Å². The predicted molar refractivity (Wildman–Crippen MR) is 70.1 cm³/mol. The summed E-state index contributed by atoms with van der Waals surface area (Å²) in [6, 6.07) is 1.19. The van der Waals surface area contributed by atoms with Crippen molar-refractivity contribution in [2.75, 3.05) is 6.26 Å². The van der Waals surface area contributed by atoms with E-state index >= 15 is 0 Å². The Morgan fingerprint density at radius 1 is 1.32 bits per heavy atom. The number of halogens is 2. The molecule has 0 aliphatic carbocycles. The molecule has 19 heavy (non-hydrogen) atoms. The largest absolute Gasteiger partial charge is 0.271 e. The Balaban J connectivity index is 3.54. The van der Waals surface area contributed by atoms with E-state index in [-0.39, 0.29) is 11.1 Å². The van der Waals surface area contributed by atoms with Crippen LogP contribution >= 0.6 is 0 Å². The first-order valence-electron chi connectivity index (χ1n) is 5.64. The molecule has 1 rings (SSSR count). The van der Waals surface area contributed by atoms with Gasteiger partial charge in [0.1, 0.15) is 11.6 Å². The highest BCUT2D eigenvalue weighted by molar-refractivity contribution is 7.92. The van der Waals surface area contributed by atoms with Crippen LogP contribution in [-0.2, 0) is 9.84 Å². The fourth-order valence-corrected chi connectivity index (χ4v) is 2.40. The van der Waals surface area contributed by atoms with Crippen molar-refractivity contribution < 1.29 is 17.2 Å². The number of hydrogen-bond donors (Lipinski definition) is 2. The van der Waals surface area contributed by atoms with Crippen LogP contribution in [0, 0.1) is 18.6 Å². The van der Waals surface area contributed by atoms with Crippen molar-refractivity contribution in [1.29, 1.82) is 0 Å². The Morgan fingerprint density at radius 3 is 2.26 bits per heavy atom. The van der Waals surface area contributed by atoms with Gasteiger partial charge >= 0.3 is 0 Å². The third kappa shape index (κ3) is 2.77. The standard InChI is InChI=1S/C12H18F2N2O2S/c1-7-5-6-8(13)9(10(7)14)11(16-15)12(2,3)19(4,17)18/h5-6,11,16H,15H2,1-4H3. The summed E-state index contributed by atoms with van der Waals surface area (Å²) in [6.07, 6.45) is 1.00. The van der Waals surface area contributed by atoms with Gasteiger partial charge in [0, 0.05) is 11.8 Å². The SMILES string of the molecule is Cc1ccc(F)c(C(NN)C(C)(C)S(C)(=O)=O)c1F. The number of sulfone groups is 1. The van der Waals surface area contributed by atoms with E-state index in [2.05, 4.69) is 5.43 Å². The molecule has 0 aromatic heterocycles. The van der Waals surface area contributed by atoms with E-state index in [0.29, 0.717) is 0 Å². The summed E-state index contributed by atoms with van der Waals surface area (Å²) in [5, 5.41) is 0. The van der Waals surface area contributed by atoms with Crippen molar-refractivity contribution in [3.8, 4) is 0 Å². The Kier molecular flexibility index (Phi) is 4.33. The fourth-order valence-electron chi connectivity index (χ4n) is 1.79. The van der Waals surface area contributed by atoms with E-state index in [1.807, 2.05) is 0 Å². The van der Waals surface area contributed by atoms with E-state index in [9.17, 15) is 17.2 Å². The third-order valence-electron chi connectivity index (χ3n) is 3.43. The van der Waals surface area contributed by atoms with Crippen LogP contribution in [0.25, 0.3) is 0 Å². The lowest BCUT2D eigenvalue weighted by atomic mass is 9.93. The second kappa shape index (κ2) is 5.15. The number of hydrogen-bond acceptors (Lipinski definition) is 4. The summed E-state index contributed by atoms with van der Waals surface area (Å²) in [5.41, 5.74) is 2.07. The summed E-state index contributed by atoms with van der Waals surface area (Å²) in [4.78, 5) is 0. The Bertz CT molecular complexity index is 586. The Labute approximate surface area is 111 Å². The molecule has 0 spiro atoms. The van der Waals surface area contributed by atoms with Gasteiger partial charge in [0.15, 0.2) is 9.84 Å².